The van der Waals surface area contributed by atoms with Gasteiger partial charge in [-0.25, -0.2) is 0 Å². The number of aromatic nitrogens is 2. The molecular formula is C10H18N4O. The van der Waals surface area contributed by atoms with Gasteiger partial charge in [-0.1, -0.05) is 0 Å². The van der Waals surface area contributed by atoms with Gasteiger partial charge in [0.25, 0.3) is 0 Å². The highest BCUT2D eigenvalue weighted by molar-refractivity contribution is 5.77. The van der Waals surface area contributed by atoms with Gasteiger partial charge in [0.15, 0.2) is 0 Å². The molecule has 1 heterocycles. The molecule has 1 atom stereocenters. The van der Waals surface area contributed by atoms with Crippen LogP contribution in [0.25, 0.3) is 0 Å². The normalized spacial score (nSPS) is 12.5. The molecule has 0 bridgehead atoms. The van der Waals surface area contributed by atoms with Gasteiger partial charge in [0.2, 0.25) is 5.91 Å². The van der Waals surface area contributed by atoms with E-state index in [0.29, 0.717) is 13.1 Å². The molecule has 1 aromatic rings. The molecule has 0 saturated heterocycles. The average molecular weight is 210 g/mol. The van der Waals surface area contributed by atoms with Crippen molar-refractivity contribution in [3.05, 3.63) is 18.0 Å². The van der Waals surface area contributed by atoms with Gasteiger partial charge in [-0.3, -0.25) is 9.48 Å². The van der Waals surface area contributed by atoms with Crippen LogP contribution in [0, 0.1) is 0 Å². The van der Waals surface area contributed by atoms with E-state index >= 15 is 0 Å². The minimum absolute atomic E-state index is 0.0215. The fourth-order valence-corrected chi connectivity index (χ4v) is 1.29. The predicted molar refractivity (Wildman–Crippen MR) is 58.3 cm³/mol. The molecule has 1 aromatic heterocycles. The van der Waals surface area contributed by atoms with Crippen LogP contribution in [0.2, 0.25) is 0 Å². The molecule has 0 saturated carbocycles. The SMILES string of the molecule is CCNC(=O)CNC(C)c1cnn(C)c1. The van der Waals surface area contributed by atoms with E-state index in [1.165, 1.54) is 0 Å². The highest BCUT2D eigenvalue weighted by atomic mass is 16.1. The Kier molecular flexibility index (Phi) is 4.30. The summed E-state index contributed by atoms with van der Waals surface area (Å²) in [7, 11) is 1.88. The second kappa shape index (κ2) is 5.50. The van der Waals surface area contributed by atoms with E-state index in [-0.39, 0.29) is 11.9 Å². The number of hydrogen-bond donors (Lipinski definition) is 2. The molecular weight excluding hydrogens is 192 g/mol. The van der Waals surface area contributed by atoms with Crippen molar-refractivity contribution in [1.29, 1.82) is 0 Å². The zero-order valence-electron chi connectivity index (χ0n) is 9.45. The molecule has 0 spiro atoms. The van der Waals surface area contributed by atoms with E-state index < -0.39 is 0 Å². The lowest BCUT2D eigenvalue weighted by molar-refractivity contribution is -0.120. The second-order valence-corrected chi connectivity index (χ2v) is 3.50. The maximum Gasteiger partial charge on any atom is 0.233 e. The first-order valence-corrected chi connectivity index (χ1v) is 5.12. The molecule has 5 nitrogen and oxygen atoms in total. The molecule has 15 heavy (non-hydrogen) atoms. The fourth-order valence-electron chi connectivity index (χ4n) is 1.29. The lowest BCUT2D eigenvalue weighted by atomic mass is 10.2. The molecule has 0 aliphatic rings. The number of likely N-dealkylation sites (N-methyl/N-ethyl adjacent to an activating group) is 1. The van der Waals surface area contributed by atoms with Crippen molar-refractivity contribution >= 4 is 5.91 Å². The summed E-state index contributed by atoms with van der Waals surface area (Å²) >= 11 is 0. The lowest BCUT2D eigenvalue weighted by Crippen LogP contribution is -2.34. The highest BCUT2D eigenvalue weighted by Crippen LogP contribution is 2.09. The third-order valence-electron chi connectivity index (χ3n) is 2.17. The van der Waals surface area contributed by atoms with Gasteiger partial charge in [0.05, 0.1) is 12.7 Å². The number of aryl methyl sites for hydroxylation is 1. The minimum Gasteiger partial charge on any atom is -0.355 e. The van der Waals surface area contributed by atoms with Crippen molar-refractivity contribution in [3.8, 4) is 0 Å². The van der Waals surface area contributed by atoms with E-state index in [9.17, 15) is 4.79 Å². The fraction of sp³-hybridized carbons (Fsp3) is 0.600. The van der Waals surface area contributed by atoms with E-state index in [2.05, 4.69) is 15.7 Å². The predicted octanol–water partition coefficient (Wildman–Crippen LogP) is 0.207. The van der Waals surface area contributed by atoms with Crippen LogP contribution in [0.1, 0.15) is 25.5 Å². The van der Waals surface area contributed by atoms with Crippen molar-refractivity contribution in [2.24, 2.45) is 7.05 Å². The number of amides is 1. The molecule has 0 fully saturated rings. The maximum absolute atomic E-state index is 11.2. The third-order valence-corrected chi connectivity index (χ3v) is 2.17. The van der Waals surface area contributed by atoms with Crippen LogP contribution in [-0.2, 0) is 11.8 Å². The van der Waals surface area contributed by atoms with Crippen LogP contribution in [0.3, 0.4) is 0 Å². The Hall–Kier alpha value is -1.36. The molecule has 0 aliphatic heterocycles. The summed E-state index contributed by atoms with van der Waals surface area (Å²) in [5.74, 6) is 0.0215. The van der Waals surface area contributed by atoms with Crippen molar-refractivity contribution in [3.63, 3.8) is 0 Å². The Morgan fingerprint density at radius 1 is 1.67 bits per heavy atom. The monoisotopic (exact) mass is 210 g/mol. The molecule has 84 valence electrons. The van der Waals surface area contributed by atoms with Gasteiger partial charge in [0, 0.05) is 31.4 Å². The van der Waals surface area contributed by atoms with Gasteiger partial charge >= 0.3 is 0 Å². The van der Waals surface area contributed by atoms with E-state index in [4.69, 9.17) is 0 Å². The molecule has 0 aromatic carbocycles. The summed E-state index contributed by atoms with van der Waals surface area (Å²) in [5.41, 5.74) is 1.08. The van der Waals surface area contributed by atoms with Crippen LogP contribution < -0.4 is 10.6 Å². The van der Waals surface area contributed by atoms with Crippen LogP contribution in [0.4, 0.5) is 0 Å². The van der Waals surface area contributed by atoms with Gasteiger partial charge < -0.3 is 10.6 Å². The van der Waals surface area contributed by atoms with Crippen LogP contribution in [0.5, 0.6) is 0 Å². The molecule has 1 unspecified atom stereocenters. The smallest absolute Gasteiger partial charge is 0.233 e. The van der Waals surface area contributed by atoms with E-state index in [0.717, 1.165) is 5.56 Å². The number of rotatable bonds is 5. The summed E-state index contributed by atoms with van der Waals surface area (Å²) in [4.78, 5) is 11.2. The number of nitrogens with one attached hydrogen (secondary N) is 2. The van der Waals surface area contributed by atoms with Crippen molar-refractivity contribution < 1.29 is 4.79 Å². The summed E-state index contributed by atoms with van der Waals surface area (Å²) in [6, 6.07) is 0.140. The third kappa shape index (κ3) is 3.71. The van der Waals surface area contributed by atoms with Crippen LogP contribution >= 0.6 is 0 Å². The van der Waals surface area contributed by atoms with Crippen molar-refractivity contribution in [2.75, 3.05) is 13.1 Å². The summed E-state index contributed by atoms with van der Waals surface area (Å²) < 4.78 is 1.75. The first-order valence-electron chi connectivity index (χ1n) is 5.12. The number of carbonyl (C=O) groups is 1. The number of nitrogens with zero attached hydrogens (tertiary/aromatic N) is 2. The Labute approximate surface area is 89.9 Å². The lowest BCUT2D eigenvalue weighted by Gasteiger charge is -2.11. The van der Waals surface area contributed by atoms with Crippen LogP contribution in [0.15, 0.2) is 12.4 Å². The minimum atomic E-state index is 0.0215. The molecule has 0 radical (unpaired) electrons. The first kappa shape index (κ1) is 11.7. The molecule has 1 amide bonds. The number of carbonyl (C=O) groups excluding carboxylic acids is 1. The quantitative estimate of drug-likeness (QED) is 0.730. The average Bonchev–Trinajstić information content (AvgIpc) is 2.62. The Bertz CT molecular complexity index is 321. The molecule has 2 N–H and O–H groups in total. The van der Waals surface area contributed by atoms with Gasteiger partial charge in [-0.15, -0.1) is 0 Å². The Balaban J connectivity index is 2.36. The summed E-state index contributed by atoms with van der Waals surface area (Å²) in [6.45, 7) is 4.92. The largest absolute Gasteiger partial charge is 0.355 e. The zero-order chi connectivity index (χ0) is 11.3. The van der Waals surface area contributed by atoms with E-state index in [1.807, 2.05) is 27.1 Å². The van der Waals surface area contributed by atoms with Crippen molar-refractivity contribution in [1.82, 2.24) is 20.4 Å². The summed E-state index contributed by atoms with van der Waals surface area (Å²) in [5, 5.41) is 9.94. The highest BCUT2D eigenvalue weighted by Gasteiger charge is 2.08. The topological polar surface area (TPSA) is 59.0 Å². The van der Waals surface area contributed by atoms with Crippen molar-refractivity contribution in [2.45, 2.75) is 19.9 Å². The van der Waals surface area contributed by atoms with Gasteiger partial charge in [-0.05, 0) is 13.8 Å². The molecule has 5 heteroatoms. The molecule has 0 aliphatic carbocycles. The second-order valence-electron chi connectivity index (χ2n) is 3.50. The van der Waals surface area contributed by atoms with Crippen LogP contribution in [-0.4, -0.2) is 28.8 Å². The van der Waals surface area contributed by atoms with Gasteiger partial charge in [0.1, 0.15) is 0 Å². The Morgan fingerprint density at radius 3 is 2.93 bits per heavy atom. The first-order chi connectivity index (χ1) is 7.13. The molecule has 1 rings (SSSR count). The summed E-state index contributed by atoms with van der Waals surface area (Å²) in [6.07, 6.45) is 3.74. The zero-order valence-corrected chi connectivity index (χ0v) is 9.45. The van der Waals surface area contributed by atoms with E-state index in [1.54, 1.807) is 10.9 Å². The maximum atomic E-state index is 11.2. The van der Waals surface area contributed by atoms with Gasteiger partial charge in [-0.2, -0.15) is 5.10 Å². The standard InChI is InChI=1S/C10H18N4O/c1-4-11-10(15)6-12-8(2)9-5-13-14(3)7-9/h5,7-8,12H,4,6H2,1-3H3,(H,11,15). The number of hydrogen-bond acceptors (Lipinski definition) is 3. The Morgan fingerprint density at radius 2 is 2.40 bits per heavy atom.